The van der Waals surface area contributed by atoms with Crippen LogP contribution in [0.5, 0.6) is 5.75 Å². The number of aliphatic hydroxyl groups is 1. The van der Waals surface area contributed by atoms with Crippen molar-refractivity contribution < 1.29 is 14.6 Å². The van der Waals surface area contributed by atoms with E-state index >= 15 is 0 Å². The second-order valence-electron chi connectivity index (χ2n) is 8.01. The first-order chi connectivity index (χ1) is 13.9. The Hall–Kier alpha value is -2.98. The van der Waals surface area contributed by atoms with Gasteiger partial charge in [-0.1, -0.05) is 0 Å². The Labute approximate surface area is 170 Å². The highest BCUT2D eigenvalue weighted by molar-refractivity contribution is 5.92. The van der Waals surface area contributed by atoms with E-state index in [1.165, 1.54) is 6.20 Å². The fraction of sp³-hybridized carbons (Fsp3) is 0.455. The fourth-order valence-electron chi connectivity index (χ4n) is 4.39. The Kier molecular flexibility index (Phi) is 5.20. The van der Waals surface area contributed by atoms with Crippen LogP contribution >= 0.6 is 0 Å². The number of pyridine rings is 2. The number of hydrogen-bond donors (Lipinski definition) is 1. The van der Waals surface area contributed by atoms with Gasteiger partial charge in [0.05, 0.1) is 17.4 Å². The molecule has 2 aromatic heterocycles. The molecule has 4 atom stereocenters. The summed E-state index contributed by atoms with van der Waals surface area (Å²) in [7, 11) is 0. The highest BCUT2D eigenvalue weighted by Crippen LogP contribution is 2.38. The van der Waals surface area contributed by atoms with Gasteiger partial charge in [0, 0.05) is 25.0 Å². The predicted octanol–water partition coefficient (Wildman–Crippen LogP) is 2.26. The molecule has 0 spiro atoms. The van der Waals surface area contributed by atoms with Crippen molar-refractivity contribution in [1.82, 2.24) is 14.9 Å². The van der Waals surface area contributed by atoms with Crippen LogP contribution in [-0.4, -0.2) is 51.2 Å². The van der Waals surface area contributed by atoms with Crippen LogP contribution in [0.2, 0.25) is 0 Å². The number of hydrogen-bond acceptors (Lipinski definition) is 6. The third-order valence-corrected chi connectivity index (χ3v) is 5.94. The Morgan fingerprint density at radius 1 is 1.21 bits per heavy atom. The van der Waals surface area contributed by atoms with Crippen LogP contribution in [0.25, 0.3) is 0 Å². The van der Waals surface area contributed by atoms with E-state index in [2.05, 4.69) is 9.97 Å². The van der Waals surface area contributed by atoms with E-state index in [0.29, 0.717) is 42.9 Å². The zero-order valence-electron chi connectivity index (χ0n) is 16.6. The molecule has 2 aliphatic rings. The van der Waals surface area contributed by atoms with Crippen LogP contribution < -0.4 is 4.74 Å². The molecule has 2 fully saturated rings. The first-order valence-electron chi connectivity index (χ1n) is 9.89. The maximum Gasteiger partial charge on any atom is 0.272 e. The quantitative estimate of drug-likeness (QED) is 0.860. The number of ether oxygens (including phenoxy) is 1. The third kappa shape index (κ3) is 3.94. The SMILES string of the molecule is Cc1ccc(O[C@@H]2C[C@@H]3CN(C(=O)c4ccc(C#N)cn4)C[C@@H]3C[C@H]2O)c(C)n1. The number of aromatic nitrogens is 2. The number of amides is 1. The molecule has 4 rings (SSSR count). The van der Waals surface area contributed by atoms with Crippen molar-refractivity contribution in [3.05, 3.63) is 53.1 Å². The molecule has 0 radical (unpaired) electrons. The summed E-state index contributed by atoms with van der Waals surface area (Å²) in [5.74, 6) is 1.11. The second-order valence-corrected chi connectivity index (χ2v) is 8.01. The number of likely N-dealkylation sites (tertiary alicyclic amines) is 1. The minimum absolute atomic E-state index is 0.130. The van der Waals surface area contributed by atoms with Gasteiger partial charge in [0.2, 0.25) is 0 Å². The van der Waals surface area contributed by atoms with Crippen molar-refractivity contribution >= 4 is 5.91 Å². The zero-order chi connectivity index (χ0) is 20.5. The van der Waals surface area contributed by atoms with Gasteiger partial charge in [-0.15, -0.1) is 0 Å². The molecule has 0 bridgehead atoms. The molecule has 1 amide bonds. The van der Waals surface area contributed by atoms with Crippen molar-refractivity contribution in [3.8, 4) is 11.8 Å². The van der Waals surface area contributed by atoms with E-state index in [1.807, 2.05) is 32.0 Å². The molecular formula is C22H24N4O3. The lowest BCUT2D eigenvalue weighted by Crippen LogP contribution is -2.42. The monoisotopic (exact) mass is 392 g/mol. The van der Waals surface area contributed by atoms with Crippen LogP contribution in [-0.2, 0) is 0 Å². The number of nitriles is 1. The van der Waals surface area contributed by atoms with Crippen LogP contribution in [0.15, 0.2) is 30.5 Å². The summed E-state index contributed by atoms with van der Waals surface area (Å²) in [4.78, 5) is 23.1. The molecule has 0 unspecified atom stereocenters. The lowest BCUT2D eigenvalue weighted by atomic mass is 9.78. The molecule has 1 aliphatic carbocycles. The topological polar surface area (TPSA) is 99.3 Å². The third-order valence-electron chi connectivity index (χ3n) is 5.94. The first kappa shape index (κ1) is 19.3. The maximum absolute atomic E-state index is 12.8. The van der Waals surface area contributed by atoms with Gasteiger partial charge in [0.25, 0.3) is 5.91 Å². The largest absolute Gasteiger partial charge is 0.486 e. The molecule has 150 valence electrons. The molecule has 29 heavy (non-hydrogen) atoms. The lowest BCUT2D eigenvalue weighted by molar-refractivity contribution is -0.0236. The molecule has 1 aliphatic heterocycles. The highest BCUT2D eigenvalue weighted by atomic mass is 16.5. The van der Waals surface area contributed by atoms with Crippen molar-refractivity contribution in [1.29, 1.82) is 5.26 Å². The van der Waals surface area contributed by atoms with Gasteiger partial charge in [-0.25, -0.2) is 4.98 Å². The van der Waals surface area contributed by atoms with Crippen molar-refractivity contribution in [2.45, 2.75) is 38.9 Å². The summed E-state index contributed by atoms with van der Waals surface area (Å²) in [6.45, 7) is 5.08. The molecule has 7 heteroatoms. The van der Waals surface area contributed by atoms with E-state index in [9.17, 15) is 9.90 Å². The number of carbonyl (C=O) groups excluding carboxylic acids is 1. The van der Waals surface area contributed by atoms with E-state index < -0.39 is 6.10 Å². The van der Waals surface area contributed by atoms with E-state index in [0.717, 1.165) is 11.4 Å². The number of carbonyl (C=O) groups is 1. The number of fused-ring (bicyclic) bond motifs is 1. The normalized spacial score (nSPS) is 25.9. The molecular weight excluding hydrogens is 368 g/mol. The Morgan fingerprint density at radius 3 is 2.62 bits per heavy atom. The first-order valence-corrected chi connectivity index (χ1v) is 9.89. The van der Waals surface area contributed by atoms with Gasteiger partial charge in [0.15, 0.2) is 0 Å². The van der Waals surface area contributed by atoms with Crippen LogP contribution in [0.3, 0.4) is 0 Å². The van der Waals surface area contributed by atoms with Crippen LogP contribution in [0.4, 0.5) is 0 Å². The summed E-state index contributed by atoms with van der Waals surface area (Å²) in [6, 6.07) is 9.01. The van der Waals surface area contributed by atoms with Crippen molar-refractivity contribution in [3.63, 3.8) is 0 Å². The summed E-state index contributed by atoms with van der Waals surface area (Å²) in [5.41, 5.74) is 2.52. The van der Waals surface area contributed by atoms with Gasteiger partial charge in [-0.05, 0) is 62.8 Å². The number of aliphatic hydroxyl groups excluding tert-OH is 1. The number of nitrogens with zero attached hydrogens (tertiary/aromatic N) is 4. The Morgan fingerprint density at radius 2 is 1.97 bits per heavy atom. The van der Waals surface area contributed by atoms with E-state index in [4.69, 9.17) is 10.00 Å². The van der Waals surface area contributed by atoms with Gasteiger partial charge >= 0.3 is 0 Å². The molecule has 1 saturated carbocycles. The Balaban J connectivity index is 1.43. The van der Waals surface area contributed by atoms with Gasteiger partial charge in [0.1, 0.15) is 23.6 Å². The summed E-state index contributed by atoms with van der Waals surface area (Å²) in [6.07, 6.45) is 1.85. The lowest BCUT2D eigenvalue weighted by Gasteiger charge is -2.35. The number of rotatable bonds is 3. The van der Waals surface area contributed by atoms with Crippen LogP contribution in [0, 0.1) is 37.0 Å². The average Bonchev–Trinajstić information content (AvgIpc) is 3.12. The van der Waals surface area contributed by atoms with Crippen molar-refractivity contribution in [2.24, 2.45) is 11.8 Å². The van der Waals surface area contributed by atoms with Gasteiger partial charge in [-0.3, -0.25) is 9.78 Å². The predicted molar refractivity (Wildman–Crippen MR) is 105 cm³/mol. The number of aryl methyl sites for hydroxylation is 2. The standard InChI is InChI=1S/C22H24N4O3/c1-13-3-6-20(14(2)25-13)29-21-8-17-12-26(11-16(17)7-19(21)27)22(28)18-5-4-15(9-23)10-24-18/h3-6,10,16-17,19,21,27H,7-8,11-12H2,1-2H3/t16-,17+,19+,21+/m0/s1. The van der Waals surface area contributed by atoms with Gasteiger partial charge < -0.3 is 14.7 Å². The molecule has 7 nitrogen and oxygen atoms in total. The molecule has 0 aromatic carbocycles. The van der Waals surface area contributed by atoms with E-state index in [1.54, 1.807) is 17.0 Å². The zero-order valence-corrected chi connectivity index (χ0v) is 16.6. The van der Waals surface area contributed by atoms with Gasteiger partial charge in [-0.2, -0.15) is 5.26 Å². The highest BCUT2D eigenvalue weighted by Gasteiger charge is 2.44. The molecule has 3 heterocycles. The van der Waals surface area contributed by atoms with Crippen molar-refractivity contribution in [2.75, 3.05) is 13.1 Å². The minimum atomic E-state index is -0.569. The molecule has 1 saturated heterocycles. The Bertz CT molecular complexity index is 954. The summed E-state index contributed by atoms with van der Waals surface area (Å²) < 4.78 is 6.11. The second kappa shape index (κ2) is 7.80. The fourth-order valence-corrected chi connectivity index (χ4v) is 4.39. The smallest absolute Gasteiger partial charge is 0.272 e. The van der Waals surface area contributed by atoms with Crippen LogP contribution in [0.1, 0.15) is 40.3 Å². The minimum Gasteiger partial charge on any atom is -0.486 e. The summed E-state index contributed by atoms with van der Waals surface area (Å²) in [5, 5.41) is 19.5. The maximum atomic E-state index is 12.8. The average molecular weight is 392 g/mol. The van der Waals surface area contributed by atoms with E-state index in [-0.39, 0.29) is 23.8 Å². The molecule has 1 N–H and O–H groups in total. The summed E-state index contributed by atoms with van der Waals surface area (Å²) >= 11 is 0. The molecule has 2 aromatic rings.